The number of aromatic hydroxyl groups is 1. The van der Waals surface area contributed by atoms with Gasteiger partial charge in [0, 0.05) is 5.02 Å². The molecule has 0 aliphatic heterocycles. The number of phenols is 1. The topological polar surface area (TPSA) is 109 Å². The molecule has 3 rings (SSSR count). The van der Waals surface area contributed by atoms with Gasteiger partial charge in [-0.05, 0) is 36.4 Å². The maximum atomic E-state index is 11.3. The standard InChI is InChI=1S/C13H10ClN3O3S/c14-7-1-4-12(18)9(5-7)13-16-10-3-2-8(21(15,19)20)6-11(10)17-13/h1-6,18H,(H,16,17)(H2,15,19,20). The molecule has 3 aromatic rings. The summed E-state index contributed by atoms with van der Waals surface area (Å²) >= 11 is 5.90. The predicted octanol–water partition coefficient (Wildman–Crippen LogP) is 2.24. The van der Waals surface area contributed by atoms with Gasteiger partial charge in [0.2, 0.25) is 10.0 Å². The molecule has 0 radical (unpaired) electrons. The van der Waals surface area contributed by atoms with Crippen molar-refractivity contribution >= 4 is 32.7 Å². The van der Waals surface area contributed by atoms with Crippen molar-refractivity contribution in [1.82, 2.24) is 9.97 Å². The van der Waals surface area contributed by atoms with Crippen molar-refractivity contribution in [2.24, 2.45) is 5.14 Å². The first-order valence-electron chi connectivity index (χ1n) is 5.86. The largest absolute Gasteiger partial charge is 0.507 e. The number of hydrogen-bond acceptors (Lipinski definition) is 4. The van der Waals surface area contributed by atoms with Crippen molar-refractivity contribution in [3.8, 4) is 17.1 Å². The number of H-pyrrole nitrogens is 1. The summed E-state index contributed by atoms with van der Waals surface area (Å²) in [5.74, 6) is 0.404. The zero-order chi connectivity index (χ0) is 15.2. The van der Waals surface area contributed by atoms with Gasteiger partial charge in [-0.1, -0.05) is 11.6 Å². The second-order valence-corrected chi connectivity index (χ2v) is 6.47. The Morgan fingerprint density at radius 3 is 2.67 bits per heavy atom. The number of rotatable bonds is 2. The van der Waals surface area contributed by atoms with Crippen LogP contribution in [-0.2, 0) is 10.0 Å². The summed E-state index contributed by atoms with van der Waals surface area (Å²) in [5, 5.41) is 15.4. The van der Waals surface area contributed by atoms with Crippen LogP contribution in [0.25, 0.3) is 22.4 Å². The Kier molecular flexibility index (Phi) is 3.12. The highest BCUT2D eigenvalue weighted by Gasteiger charge is 2.13. The van der Waals surface area contributed by atoms with Crippen molar-refractivity contribution in [2.45, 2.75) is 4.90 Å². The third kappa shape index (κ3) is 2.58. The molecule has 0 saturated heterocycles. The first-order valence-corrected chi connectivity index (χ1v) is 7.78. The Labute approximate surface area is 125 Å². The van der Waals surface area contributed by atoms with Crippen LogP contribution in [0.15, 0.2) is 41.3 Å². The Morgan fingerprint density at radius 2 is 1.95 bits per heavy atom. The molecule has 0 unspecified atom stereocenters. The summed E-state index contributed by atoms with van der Waals surface area (Å²) in [6.07, 6.45) is 0. The average molecular weight is 324 g/mol. The van der Waals surface area contributed by atoms with Crippen LogP contribution in [0.2, 0.25) is 5.02 Å². The van der Waals surface area contributed by atoms with Gasteiger partial charge < -0.3 is 10.1 Å². The molecule has 4 N–H and O–H groups in total. The molecular formula is C13H10ClN3O3S. The van der Waals surface area contributed by atoms with Crippen molar-refractivity contribution in [2.75, 3.05) is 0 Å². The minimum Gasteiger partial charge on any atom is -0.507 e. The second kappa shape index (κ2) is 4.73. The smallest absolute Gasteiger partial charge is 0.238 e. The molecule has 0 saturated carbocycles. The lowest BCUT2D eigenvalue weighted by atomic mass is 10.2. The second-order valence-electron chi connectivity index (χ2n) is 4.47. The van der Waals surface area contributed by atoms with Crippen LogP contribution in [0.4, 0.5) is 0 Å². The maximum Gasteiger partial charge on any atom is 0.238 e. The van der Waals surface area contributed by atoms with E-state index in [0.717, 1.165) is 0 Å². The molecule has 0 fully saturated rings. The van der Waals surface area contributed by atoms with Crippen LogP contribution < -0.4 is 5.14 Å². The lowest BCUT2D eigenvalue weighted by Gasteiger charge is -2.01. The fourth-order valence-corrected chi connectivity index (χ4v) is 2.70. The fraction of sp³-hybridized carbons (Fsp3) is 0. The number of halogens is 1. The number of aromatic amines is 1. The van der Waals surface area contributed by atoms with Crippen LogP contribution >= 0.6 is 11.6 Å². The van der Waals surface area contributed by atoms with E-state index in [4.69, 9.17) is 16.7 Å². The minimum absolute atomic E-state index is 0.0134. The number of hydrogen-bond donors (Lipinski definition) is 3. The molecule has 1 aromatic heterocycles. The van der Waals surface area contributed by atoms with Crippen molar-refractivity contribution in [3.05, 3.63) is 41.4 Å². The summed E-state index contributed by atoms with van der Waals surface area (Å²) < 4.78 is 22.7. The number of aromatic nitrogens is 2. The zero-order valence-electron chi connectivity index (χ0n) is 10.5. The van der Waals surface area contributed by atoms with E-state index < -0.39 is 10.0 Å². The molecule has 0 atom stereocenters. The minimum atomic E-state index is -3.78. The molecule has 2 aromatic carbocycles. The van der Waals surface area contributed by atoms with Gasteiger partial charge in [-0.3, -0.25) is 0 Å². The van der Waals surface area contributed by atoms with Crippen LogP contribution in [0.1, 0.15) is 0 Å². The number of nitrogens with one attached hydrogen (secondary N) is 1. The van der Waals surface area contributed by atoms with E-state index in [1.807, 2.05) is 0 Å². The van der Waals surface area contributed by atoms with Crippen LogP contribution in [0, 0.1) is 0 Å². The number of primary sulfonamides is 1. The molecule has 6 nitrogen and oxygen atoms in total. The number of fused-ring (bicyclic) bond motifs is 1. The molecule has 21 heavy (non-hydrogen) atoms. The first kappa shape index (κ1) is 13.9. The van der Waals surface area contributed by atoms with Gasteiger partial charge in [0.1, 0.15) is 11.6 Å². The zero-order valence-corrected chi connectivity index (χ0v) is 12.1. The van der Waals surface area contributed by atoms with E-state index in [-0.39, 0.29) is 10.6 Å². The van der Waals surface area contributed by atoms with Gasteiger partial charge in [0.15, 0.2) is 0 Å². The molecule has 0 spiro atoms. The highest BCUT2D eigenvalue weighted by molar-refractivity contribution is 7.89. The van der Waals surface area contributed by atoms with E-state index in [2.05, 4.69) is 9.97 Å². The molecule has 0 aliphatic rings. The average Bonchev–Trinajstić information content (AvgIpc) is 2.83. The molecule has 0 bridgehead atoms. The Hall–Kier alpha value is -2.09. The number of nitrogens with zero attached hydrogens (tertiary/aromatic N) is 1. The SMILES string of the molecule is NS(=O)(=O)c1ccc2nc(-c3cc(Cl)ccc3O)[nH]c2c1. The van der Waals surface area contributed by atoms with E-state index in [0.29, 0.717) is 27.4 Å². The number of phenolic OH excluding ortho intramolecular Hbond substituents is 1. The molecule has 0 aliphatic carbocycles. The van der Waals surface area contributed by atoms with Crippen LogP contribution in [0.3, 0.4) is 0 Å². The monoisotopic (exact) mass is 323 g/mol. The Balaban J connectivity index is 2.20. The number of nitrogens with two attached hydrogens (primary N) is 1. The predicted molar refractivity (Wildman–Crippen MR) is 79.6 cm³/mol. The number of sulfonamides is 1. The van der Waals surface area contributed by atoms with Crippen LogP contribution in [-0.4, -0.2) is 23.5 Å². The van der Waals surface area contributed by atoms with Gasteiger partial charge in [-0.2, -0.15) is 0 Å². The van der Waals surface area contributed by atoms with E-state index in [1.54, 1.807) is 12.1 Å². The quantitative estimate of drug-likeness (QED) is 0.671. The highest BCUT2D eigenvalue weighted by atomic mass is 35.5. The van der Waals surface area contributed by atoms with Crippen molar-refractivity contribution in [1.29, 1.82) is 0 Å². The van der Waals surface area contributed by atoms with Crippen LogP contribution in [0.5, 0.6) is 5.75 Å². The maximum absolute atomic E-state index is 11.3. The number of benzene rings is 2. The normalized spacial score (nSPS) is 11.9. The first-order chi connectivity index (χ1) is 9.84. The van der Waals surface area contributed by atoms with Crippen molar-refractivity contribution < 1.29 is 13.5 Å². The lowest BCUT2D eigenvalue weighted by Crippen LogP contribution is -2.11. The van der Waals surface area contributed by atoms with E-state index >= 15 is 0 Å². The van der Waals surface area contributed by atoms with Gasteiger partial charge in [-0.25, -0.2) is 18.5 Å². The van der Waals surface area contributed by atoms with Gasteiger partial charge in [-0.15, -0.1) is 0 Å². The molecule has 0 amide bonds. The highest BCUT2D eigenvalue weighted by Crippen LogP contribution is 2.31. The summed E-state index contributed by atoms with van der Waals surface area (Å²) in [5.41, 5.74) is 1.48. The van der Waals surface area contributed by atoms with E-state index in [9.17, 15) is 13.5 Å². The molecule has 108 valence electrons. The van der Waals surface area contributed by atoms with Gasteiger partial charge >= 0.3 is 0 Å². The summed E-state index contributed by atoms with van der Waals surface area (Å²) in [6, 6.07) is 8.89. The summed E-state index contributed by atoms with van der Waals surface area (Å²) in [4.78, 5) is 7.23. The molecule has 8 heteroatoms. The Morgan fingerprint density at radius 1 is 1.19 bits per heavy atom. The third-order valence-corrected chi connectivity index (χ3v) is 4.14. The summed E-state index contributed by atoms with van der Waals surface area (Å²) in [6.45, 7) is 0. The molecule has 1 heterocycles. The third-order valence-electron chi connectivity index (χ3n) is 3.00. The van der Waals surface area contributed by atoms with Crippen molar-refractivity contribution in [3.63, 3.8) is 0 Å². The molecular weight excluding hydrogens is 314 g/mol. The van der Waals surface area contributed by atoms with Gasteiger partial charge in [0.25, 0.3) is 0 Å². The van der Waals surface area contributed by atoms with E-state index in [1.165, 1.54) is 24.3 Å². The number of imidazole rings is 1. The summed E-state index contributed by atoms with van der Waals surface area (Å²) in [7, 11) is -3.78. The fourth-order valence-electron chi connectivity index (χ4n) is 1.99. The lowest BCUT2D eigenvalue weighted by molar-refractivity contribution is 0.477. The van der Waals surface area contributed by atoms with Gasteiger partial charge in [0.05, 0.1) is 21.5 Å². The Bertz CT molecular complexity index is 950.